The molecule has 11 heavy (non-hydrogen) atoms. The van der Waals surface area contributed by atoms with Crippen LogP contribution in [0, 0.1) is 0 Å². The van der Waals surface area contributed by atoms with Crippen LogP contribution in [-0.2, 0) is 14.3 Å². The van der Waals surface area contributed by atoms with Gasteiger partial charge in [0.1, 0.15) is 6.42 Å². The van der Waals surface area contributed by atoms with Gasteiger partial charge in [0.25, 0.3) is 0 Å². The number of carbonyl (C=O) groups excluding carboxylic acids is 2. The van der Waals surface area contributed by atoms with Crippen molar-refractivity contribution in [2.75, 3.05) is 7.11 Å². The molecule has 0 aliphatic heterocycles. The van der Waals surface area contributed by atoms with E-state index in [9.17, 15) is 9.59 Å². The molecule has 0 aromatic rings. The summed E-state index contributed by atoms with van der Waals surface area (Å²) in [5.41, 5.74) is 4.47. The van der Waals surface area contributed by atoms with Crippen molar-refractivity contribution in [3.8, 4) is 0 Å². The maximum Gasteiger partial charge on any atom is 0.313 e. The van der Waals surface area contributed by atoms with Crippen molar-refractivity contribution in [2.24, 2.45) is 5.73 Å². The van der Waals surface area contributed by atoms with Crippen LogP contribution in [0.5, 0.6) is 0 Å². The third-order valence-corrected chi connectivity index (χ3v) is 1.25. The van der Waals surface area contributed by atoms with Gasteiger partial charge in [0, 0.05) is 0 Å². The third kappa shape index (κ3) is 3.72. The number of methoxy groups -OCH3 is 1. The van der Waals surface area contributed by atoms with Crippen molar-refractivity contribution >= 4 is 11.8 Å². The summed E-state index contributed by atoms with van der Waals surface area (Å²) >= 11 is 0. The van der Waals surface area contributed by atoms with E-state index >= 15 is 0 Å². The lowest BCUT2D eigenvalue weighted by Crippen LogP contribution is -2.42. The Hall–Kier alpha value is -0.900. The van der Waals surface area contributed by atoms with Gasteiger partial charge in [-0.3, -0.25) is 9.59 Å². The van der Waals surface area contributed by atoms with Gasteiger partial charge in [-0.1, -0.05) is 0 Å². The molecule has 0 aromatic carbocycles. The van der Waals surface area contributed by atoms with E-state index in [2.05, 4.69) is 4.74 Å². The van der Waals surface area contributed by atoms with Gasteiger partial charge >= 0.3 is 5.97 Å². The van der Waals surface area contributed by atoms with Gasteiger partial charge in [-0.2, -0.15) is 0 Å². The molecule has 2 N–H and O–H groups in total. The molecule has 0 atom stereocenters. The van der Waals surface area contributed by atoms with Gasteiger partial charge in [-0.05, 0) is 13.8 Å². The maximum atomic E-state index is 11.0. The maximum absolute atomic E-state index is 11.0. The van der Waals surface area contributed by atoms with Gasteiger partial charge < -0.3 is 10.5 Å². The fourth-order valence-electron chi connectivity index (χ4n) is 0.431. The zero-order valence-electron chi connectivity index (χ0n) is 7.01. The van der Waals surface area contributed by atoms with Gasteiger partial charge in [0.05, 0.1) is 12.6 Å². The number of rotatable bonds is 3. The number of Topliss-reactive ketones (excluding diaryl/α,β-unsaturated/α-hetero) is 1. The fraction of sp³-hybridized carbons (Fsp3) is 0.714. The molecule has 0 unspecified atom stereocenters. The summed E-state index contributed by atoms with van der Waals surface area (Å²) in [6.45, 7) is 3.11. The van der Waals surface area contributed by atoms with Crippen LogP contribution in [0.1, 0.15) is 20.3 Å². The summed E-state index contributed by atoms with van der Waals surface area (Å²) in [6.07, 6.45) is -0.250. The molecule has 0 fully saturated rings. The number of hydrogen-bond acceptors (Lipinski definition) is 4. The summed E-state index contributed by atoms with van der Waals surface area (Å²) < 4.78 is 4.30. The van der Waals surface area contributed by atoms with Gasteiger partial charge in [0.15, 0.2) is 5.78 Å². The fourth-order valence-corrected chi connectivity index (χ4v) is 0.431. The monoisotopic (exact) mass is 159 g/mol. The average Bonchev–Trinajstić information content (AvgIpc) is 1.85. The second-order valence-corrected chi connectivity index (χ2v) is 2.90. The quantitative estimate of drug-likeness (QED) is 0.459. The average molecular weight is 159 g/mol. The minimum Gasteiger partial charge on any atom is -0.469 e. The Labute approximate surface area is 65.7 Å². The molecule has 0 saturated carbocycles. The Balaban J connectivity index is 3.99. The van der Waals surface area contributed by atoms with Crippen LogP contribution in [-0.4, -0.2) is 24.4 Å². The summed E-state index contributed by atoms with van der Waals surface area (Å²) in [5.74, 6) is -0.863. The highest BCUT2D eigenvalue weighted by molar-refractivity contribution is 6.00. The molecule has 0 saturated heterocycles. The van der Waals surface area contributed by atoms with Crippen molar-refractivity contribution in [3.63, 3.8) is 0 Å². The zero-order valence-corrected chi connectivity index (χ0v) is 7.01. The first-order chi connectivity index (χ1) is 4.88. The molecule has 0 spiro atoms. The molecule has 64 valence electrons. The Morgan fingerprint density at radius 3 is 2.18 bits per heavy atom. The van der Waals surface area contributed by atoms with Gasteiger partial charge in [0.2, 0.25) is 0 Å². The van der Waals surface area contributed by atoms with Crippen molar-refractivity contribution < 1.29 is 14.3 Å². The molecule has 0 amide bonds. The highest BCUT2D eigenvalue weighted by Gasteiger charge is 2.24. The summed E-state index contributed by atoms with van der Waals surface area (Å²) in [4.78, 5) is 21.6. The number of esters is 1. The Morgan fingerprint density at radius 1 is 1.45 bits per heavy atom. The van der Waals surface area contributed by atoms with Crippen molar-refractivity contribution in [1.29, 1.82) is 0 Å². The van der Waals surface area contributed by atoms with Crippen LogP contribution in [0.4, 0.5) is 0 Å². The smallest absolute Gasteiger partial charge is 0.313 e. The molecule has 0 aliphatic carbocycles. The molecule has 0 aromatic heterocycles. The van der Waals surface area contributed by atoms with Crippen LogP contribution in [0.15, 0.2) is 0 Å². The van der Waals surface area contributed by atoms with E-state index < -0.39 is 11.5 Å². The molecule has 0 rings (SSSR count). The standard InChI is InChI=1S/C7H13NO3/c1-7(2,8)5(9)4-6(10)11-3/h4,8H2,1-3H3. The topological polar surface area (TPSA) is 69.4 Å². The van der Waals surface area contributed by atoms with Crippen LogP contribution in [0.25, 0.3) is 0 Å². The van der Waals surface area contributed by atoms with E-state index in [0.29, 0.717) is 0 Å². The summed E-state index contributed by atoms with van der Waals surface area (Å²) in [6, 6.07) is 0. The first-order valence-corrected chi connectivity index (χ1v) is 3.27. The Bertz CT molecular complexity index is 169. The lowest BCUT2D eigenvalue weighted by Gasteiger charge is -2.15. The second-order valence-electron chi connectivity index (χ2n) is 2.90. The van der Waals surface area contributed by atoms with Crippen LogP contribution >= 0.6 is 0 Å². The zero-order chi connectivity index (χ0) is 9.07. The van der Waals surface area contributed by atoms with E-state index in [-0.39, 0.29) is 12.2 Å². The van der Waals surface area contributed by atoms with E-state index in [1.165, 1.54) is 7.11 Å². The van der Waals surface area contributed by atoms with E-state index in [1.54, 1.807) is 13.8 Å². The largest absolute Gasteiger partial charge is 0.469 e. The van der Waals surface area contributed by atoms with E-state index in [1.807, 2.05) is 0 Å². The van der Waals surface area contributed by atoms with Crippen molar-refractivity contribution in [1.82, 2.24) is 0 Å². The first-order valence-electron chi connectivity index (χ1n) is 3.27. The van der Waals surface area contributed by atoms with Crippen LogP contribution < -0.4 is 5.73 Å². The molecular weight excluding hydrogens is 146 g/mol. The minimum atomic E-state index is -0.950. The molecule has 4 nitrogen and oxygen atoms in total. The van der Waals surface area contributed by atoms with Crippen LogP contribution in [0.2, 0.25) is 0 Å². The second kappa shape index (κ2) is 3.48. The molecule has 0 radical (unpaired) electrons. The number of hydrogen-bond donors (Lipinski definition) is 1. The Kier molecular flexibility index (Phi) is 3.19. The van der Waals surface area contributed by atoms with Crippen LogP contribution in [0.3, 0.4) is 0 Å². The minimum absolute atomic E-state index is 0.250. The van der Waals surface area contributed by atoms with E-state index in [0.717, 1.165) is 0 Å². The molecule has 0 bridgehead atoms. The first kappa shape index (κ1) is 10.1. The predicted molar refractivity (Wildman–Crippen MR) is 39.9 cm³/mol. The molecule has 4 heteroatoms. The summed E-state index contributed by atoms with van der Waals surface area (Å²) in [7, 11) is 1.24. The van der Waals surface area contributed by atoms with Crippen molar-refractivity contribution in [3.05, 3.63) is 0 Å². The molecule has 0 heterocycles. The highest BCUT2D eigenvalue weighted by Crippen LogP contribution is 2.02. The van der Waals surface area contributed by atoms with Crippen molar-refractivity contribution in [2.45, 2.75) is 25.8 Å². The Morgan fingerprint density at radius 2 is 1.91 bits per heavy atom. The third-order valence-electron chi connectivity index (χ3n) is 1.25. The lowest BCUT2D eigenvalue weighted by molar-refractivity contribution is -0.144. The number of nitrogens with two attached hydrogens (primary N) is 1. The normalized spacial score (nSPS) is 10.9. The molecular formula is C7H13NO3. The summed E-state index contributed by atoms with van der Waals surface area (Å²) in [5, 5.41) is 0. The highest BCUT2D eigenvalue weighted by atomic mass is 16.5. The van der Waals surface area contributed by atoms with Gasteiger partial charge in [-0.15, -0.1) is 0 Å². The van der Waals surface area contributed by atoms with Gasteiger partial charge in [-0.25, -0.2) is 0 Å². The van der Waals surface area contributed by atoms with E-state index in [4.69, 9.17) is 5.73 Å². The number of ether oxygens (including phenoxy) is 1. The number of ketones is 1. The SMILES string of the molecule is COC(=O)CC(=O)C(C)(C)N. The molecule has 0 aliphatic rings. The predicted octanol–water partition coefficient (Wildman–Crippen LogP) is -0.144. The lowest BCUT2D eigenvalue weighted by atomic mass is 9.98. The number of carbonyl (C=O) groups is 2.